The molecule has 3 aromatic rings. The lowest BCUT2D eigenvalue weighted by Crippen LogP contribution is -2.28. The molecular weight excluding hydrogens is 388 g/mol. The van der Waals surface area contributed by atoms with E-state index in [9.17, 15) is 4.79 Å². The highest BCUT2D eigenvalue weighted by molar-refractivity contribution is 6.03. The Bertz CT molecular complexity index is 952. The van der Waals surface area contributed by atoms with Crippen LogP contribution in [0, 0.1) is 5.92 Å². The molecule has 2 heterocycles. The van der Waals surface area contributed by atoms with Crippen molar-refractivity contribution in [2.24, 2.45) is 5.92 Å². The van der Waals surface area contributed by atoms with Crippen molar-refractivity contribution in [3.05, 3.63) is 66.4 Å². The maximum Gasteiger partial charge on any atom is 0.274 e. The third kappa shape index (κ3) is 6.64. The summed E-state index contributed by atoms with van der Waals surface area (Å²) < 4.78 is 1.85. The number of amides is 1. The number of carbonyl (C=O) groups is 1. The Balaban J connectivity index is 0.00000132. The number of hydrogen-bond acceptors (Lipinski definition) is 5. The predicted molar refractivity (Wildman–Crippen MR) is 124 cm³/mol. The Kier molecular flexibility index (Phi) is 8.15. The number of rotatable bonds is 9. The molecule has 0 radical (unpaired) electrons. The summed E-state index contributed by atoms with van der Waals surface area (Å²) in [7, 11) is 0. The molecule has 0 saturated heterocycles. The number of benzene rings is 1. The van der Waals surface area contributed by atoms with Crippen LogP contribution in [0.15, 0.2) is 55.1 Å². The van der Waals surface area contributed by atoms with Crippen molar-refractivity contribution in [2.45, 2.75) is 46.6 Å². The summed E-state index contributed by atoms with van der Waals surface area (Å²) in [6.45, 7) is 8.75. The van der Waals surface area contributed by atoms with Crippen LogP contribution >= 0.6 is 0 Å². The van der Waals surface area contributed by atoms with Gasteiger partial charge in [-0.25, -0.2) is 9.97 Å². The molecule has 0 unspecified atom stereocenters. The molecule has 7 nitrogen and oxygen atoms in total. The van der Waals surface area contributed by atoms with Gasteiger partial charge in [0, 0.05) is 37.2 Å². The molecule has 31 heavy (non-hydrogen) atoms. The fourth-order valence-electron chi connectivity index (χ4n) is 3.35. The van der Waals surface area contributed by atoms with Gasteiger partial charge in [0.05, 0.1) is 6.54 Å². The van der Waals surface area contributed by atoms with Gasteiger partial charge in [-0.2, -0.15) is 5.10 Å². The Morgan fingerprint density at radius 1 is 1.19 bits per heavy atom. The topological polar surface area (TPSA) is 75.9 Å². The highest BCUT2D eigenvalue weighted by Gasteiger charge is 2.25. The van der Waals surface area contributed by atoms with E-state index in [1.165, 1.54) is 19.2 Å². The van der Waals surface area contributed by atoms with Gasteiger partial charge in [-0.05, 0) is 48.9 Å². The Morgan fingerprint density at radius 2 is 2.03 bits per heavy atom. The van der Waals surface area contributed by atoms with Gasteiger partial charge >= 0.3 is 0 Å². The molecule has 4 rings (SSSR count). The summed E-state index contributed by atoms with van der Waals surface area (Å²) >= 11 is 0. The average molecular weight is 421 g/mol. The van der Waals surface area contributed by atoms with E-state index in [-0.39, 0.29) is 5.91 Å². The predicted octanol–water partition coefficient (Wildman–Crippen LogP) is 4.63. The molecule has 0 bridgehead atoms. The van der Waals surface area contributed by atoms with Crippen molar-refractivity contribution >= 4 is 17.4 Å². The second-order valence-corrected chi connectivity index (χ2v) is 7.51. The summed E-state index contributed by atoms with van der Waals surface area (Å²) in [5.74, 6) is 1.35. The molecule has 1 N–H and O–H groups in total. The third-order valence-corrected chi connectivity index (χ3v) is 4.97. The highest BCUT2D eigenvalue weighted by Crippen LogP contribution is 2.31. The maximum atomic E-state index is 12.8. The molecule has 1 aliphatic carbocycles. The molecule has 7 heteroatoms. The van der Waals surface area contributed by atoms with Gasteiger partial charge in [0.1, 0.15) is 17.8 Å². The Labute approximate surface area is 184 Å². The first-order chi connectivity index (χ1) is 15.2. The zero-order chi connectivity index (χ0) is 22.1. The van der Waals surface area contributed by atoms with Crippen LogP contribution < -0.4 is 10.2 Å². The van der Waals surface area contributed by atoms with E-state index in [2.05, 4.69) is 32.2 Å². The van der Waals surface area contributed by atoms with Crippen molar-refractivity contribution in [1.82, 2.24) is 19.7 Å². The van der Waals surface area contributed by atoms with Gasteiger partial charge < -0.3 is 10.2 Å². The molecule has 2 aromatic heterocycles. The minimum absolute atomic E-state index is 0.229. The van der Waals surface area contributed by atoms with E-state index in [1.54, 1.807) is 12.3 Å². The lowest BCUT2D eigenvalue weighted by atomic mass is 10.2. The largest absolute Gasteiger partial charge is 0.356 e. The fraction of sp³-hybridized carbons (Fsp3) is 0.417. The highest BCUT2D eigenvalue weighted by atomic mass is 16.1. The second-order valence-electron chi connectivity index (χ2n) is 7.51. The molecule has 1 aliphatic rings. The van der Waals surface area contributed by atoms with Crippen molar-refractivity contribution < 1.29 is 4.79 Å². The van der Waals surface area contributed by atoms with Crippen LogP contribution in [0.5, 0.6) is 0 Å². The van der Waals surface area contributed by atoms with Gasteiger partial charge in [-0.15, -0.1) is 0 Å². The van der Waals surface area contributed by atoms with Gasteiger partial charge in [-0.1, -0.05) is 32.9 Å². The van der Waals surface area contributed by atoms with Crippen LogP contribution in [0.25, 0.3) is 0 Å². The zero-order valence-corrected chi connectivity index (χ0v) is 18.7. The number of carbonyl (C=O) groups excluding carboxylic acids is 1. The van der Waals surface area contributed by atoms with E-state index >= 15 is 0 Å². The zero-order valence-electron chi connectivity index (χ0n) is 18.7. The van der Waals surface area contributed by atoms with Gasteiger partial charge in [0.2, 0.25) is 0 Å². The van der Waals surface area contributed by atoms with Crippen molar-refractivity contribution in [2.75, 3.05) is 23.3 Å². The number of aromatic nitrogens is 4. The molecule has 1 aromatic carbocycles. The summed E-state index contributed by atoms with van der Waals surface area (Å²) in [5, 5.41) is 7.18. The molecule has 0 spiro atoms. The van der Waals surface area contributed by atoms with Gasteiger partial charge in [0.25, 0.3) is 5.91 Å². The van der Waals surface area contributed by atoms with Crippen LogP contribution in [-0.4, -0.2) is 38.7 Å². The smallest absolute Gasteiger partial charge is 0.274 e. The standard InChI is InChI=1S/C22H26N6O.C2H6/c1-2-10-27(14-17-7-8-17)21-13-20(23-16-24-21)22(29)26-19-6-3-5-18(12-19)15-28-11-4-9-25-28;1-2/h3-6,9,11-13,16-17H,2,7-8,10,14-15H2,1H3,(H,26,29);1-2H3. The van der Waals surface area contributed by atoms with Gasteiger partial charge in [-0.3, -0.25) is 9.48 Å². The summed E-state index contributed by atoms with van der Waals surface area (Å²) in [6.07, 6.45) is 8.76. The minimum Gasteiger partial charge on any atom is -0.356 e. The fourth-order valence-corrected chi connectivity index (χ4v) is 3.35. The summed E-state index contributed by atoms with van der Waals surface area (Å²) in [4.78, 5) is 23.6. The third-order valence-electron chi connectivity index (χ3n) is 4.97. The Morgan fingerprint density at radius 3 is 2.74 bits per heavy atom. The minimum atomic E-state index is -0.229. The SMILES string of the molecule is CC.CCCN(CC1CC1)c1cc(C(=O)Nc2cccc(Cn3cccn3)c2)ncn1. The number of hydrogen-bond donors (Lipinski definition) is 1. The van der Waals surface area contributed by atoms with Crippen LogP contribution in [0.3, 0.4) is 0 Å². The van der Waals surface area contributed by atoms with E-state index in [0.717, 1.165) is 42.5 Å². The molecule has 1 amide bonds. The van der Waals surface area contributed by atoms with E-state index in [0.29, 0.717) is 12.2 Å². The number of nitrogens with one attached hydrogen (secondary N) is 1. The maximum absolute atomic E-state index is 12.8. The van der Waals surface area contributed by atoms with Crippen LogP contribution in [0.1, 0.15) is 56.1 Å². The summed E-state index contributed by atoms with van der Waals surface area (Å²) in [5.41, 5.74) is 2.18. The number of nitrogens with zero attached hydrogens (tertiary/aromatic N) is 5. The lowest BCUT2D eigenvalue weighted by molar-refractivity contribution is 0.102. The molecule has 1 saturated carbocycles. The Hall–Kier alpha value is -3.22. The second kappa shape index (κ2) is 11.2. The van der Waals surface area contributed by atoms with E-state index in [4.69, 9.17) is 0 Å². The summed E-state index contributed by atoms with van der Waals surface area (Å²) in [6, 6.07) is 11.5. The molecule has 1 fully saturated rings. The van der Waals surface area contributed by atoms with Crippen LogP contribution in [-0.2, 0) is 6.54 Å². The van der Waals surface area contributed by atoms with Gasteiger partial charge in [0.15, 0.2) is 0 Å². The number of anilines is 2. The molecular formula is C24H32N6O. The quantitative estimate of drug-likeness (QED) is 0.546. The molecule has 164 valence electrons. The first kappa shape index (κ1) is 22.5. The first-order valence-corrected chi connectivity index (χ1v) is 11.2. The monoisotopic (exact) mass is 420 g/mol. The lowest BCUT2D eigenvalue weighted by Gasteiger charge is -2.23. The first-order valence-electron chi connectivity index (χ1n) is 11.2. The molecule has 0 atom stereocenters. The van der Waals surface area contributed by atoms with Crippen LogP contribution in [0.2, 0.25) is 0 Å². The van der Waals surface area contributed by atoms with E-state index < -0.39 is 0 Å². The van der Waals surface area contributed by atoms with Crippen LogP contribution in [0.4, 0.5) is 11.5 Å². The van der Waals surface area contributed by atoms with E-state index in [1.807, 2.05) is 55.1 Å². The van der Waals surface area contributed by atoms with Crippen molar-refractivity contribution in [3.63, 3.8) is 0 Å². The molecule has 0 aliphatic heterocycles. The van der Waals surface area contributed by atoms with Crippen molar-refractivity contribution in [3.8, 4) is 0 Å². The normalized spacial score (nSPS) is 12.6. The van der Waals surface area contributed by atoms with Crippen molar-refractivity contribution in [1.29, 1.82) is 0 Å². The average Bonchev–Trinajstić information content (AvgIpc) is 3.48.